The zero-order chi connectivity index (χ0) is 11.4. The molecule has 0 saturated carbocycles. The molecule has 84 valence electrons. The van der Waals surface area contributed by atoms with Crippen LogP contribution in [0.1, 0.15) is 30.8 Å². The topological polar surface area (TPSA) is 70.1 Å². The number of aromatic nitrogens is 2. The highest BCUT2D eigenvalue weighted by molar-refractivity contribution is 5.92. The highest BCUT2D eigenvalue weighted by Crippen LogP contribution is 2.11. The summed E-state index contributed by atoms with van der Waals surface area (Å²) >= 11 is 0. The van der Waals surface area contributed by atoms with Gasteiger partial charge in [0, 0.05) is 7.05 Å². The maximum absolute atomic E-state index is 11.6. The zero-order valence-corrected chi connectivity index (χ0v) is 9.36. The summed E-state index contributed by atoms with van der Waals surface area (Å²) < 4.78 is 6.50. The normalized spacial score (nSPS) is 10.7. The molecule has 5 heteroatoms. The van der Waals surface area contributed by atoms with Crippen molar-refractivity contribution < 1.29 is 9.53 Å². The van der Waals surface area contributed by atoms with Gasteiger partial charge < -0.3 is 10.5 Å². The Balaban J connectivity index is 2.54. The summed E-state index contributed by atoms with van der Waals surface area (Å²) in [5.74, 6) is 0.106. The van der Waals surface area contributed by atoms with Crippen molar-refractivity contribution >= 4 is 11.7 Å². The molecule has 1 rings (SSSR count). The number of nitrogen functional groups attached to an aromatic ring is 1. The van der Waals surface area contributed by atoms with Crippen molar-refractivity contribution in [3.05, 3.63) is 11.9 Å². The average molecular weight is 211 g/mol. The second kappa shape index (κ2) is 4.82. The highest BCUT2D eigenvalue weighted by atomic mass is 16.5. The predicted molar refractivity (Wildman–Crippen MR) is 57.4 cm³/mol. The molecule has 2 N–H and O–H groups in total. The number of hydrogen-bond donors (Lipinski definition) is 1. The van der Waals surface area contributed by atoms with E-state index in [0.717, 1.165) is 6.42 Å². The minimum atomic E-state index is -0.409. The average Bonchev–Trinajstić information content (AvgIpc) is 2.45. The maximum Gasteiger partial charge on any atom is 0.358 e. The van der Waals surface area contributed by atoms with E-state index in [-0.39, 0.29) is 0 Å². The van der Waals surface area contributed by atoms with Gasteiger partial charge in [0.05, 0.1) is 18.5 Å². The second-order valence-corrected chi connectivity index (χ2v) is 3.89. The van der Waals surface area contributed by atoms with E-state index in [1.54, 1.807) is 7.05 Å². The Kier molecular flexibility index (Phi) is 3.71. The smallest absolute Gasteiger partial charge is 0.358 e. The lowest BCUT2D eigenvalue weighted by molar-refractivity contribution is 0.0476. The van der Waals surface area contributed by atoms with Gasteiger partial charge in [-0.15, -0.1) is 0 Å². The number of anilines is 1. The first-order chi connectivity index (χ1) is 7.02. The van der Waals surface area contributed by atoms with Crippen LogP contribution >= 0.6 is 0 Å². The van der Waals surface area contributed by atoms with Gasteiger partial charge in [-0.3, -0.25) is 4.68 Å². The number of nitrogens with zero attached hydrogens (tertiary/aromatic N) is 2. The van der Waals surface area contributed by atoms with Crippen LogP contribution in [0.15, 0.2) is 6.20 Å². The summed E-state index contributed by atoms with van der Waals surface area (Å²) in [6.45, 7) is 4.57. The van der Waals surface area contributed by atoms with Crippen molar-refractivity contribution in [1.82, 2.24) is 9.78 Å². The molecule has 0 aromatic carbocycles. The van der Waals surface area contributed by atoms with Crippen LogP contribution in [0.25, 0.3) is 0 Å². The Labute approximate surface area is 89.2 Å². The molecule has 0 unspecified atom stereocenters. The van der Waals surface area contributed by atoms with E-state index in [0.29, 0.717) is 23.9 Å². The fourth-order valence-electron chi connectivity index (χ4n) is 1.16. The van der Waals surface area contributed by atoms with Crippen molar-refractivity contribution in [1.29, 1.82) is 0 Å². The van der Waals surface area contributed by atoms with Crippen molar-refractivity contribution in [2.45, 2.75) is 20.3 Å². The quantitative estimate of drug-likeness (QED) is 0.760. The van der Waals surface area contributed by atoms with E-state index in [1.165, 1.54) is 10.9 Å². The molecule has 1 aromatic heterocycles. The lowest BCUT2D eigenvalue weighted by atomic mass is 10.1. The summed E-state index contributed by atoms with van der Waals surface area (Å²) in [6, 6.07) is 0. The first-order valence-corrected chi connectivity index (χ1v) is 4.97. The molecule has 5 nitrogen and oxygen atoms in total. The Bertz CT molecular complexity index is 325. The Hall–Kier alpha value is -1.52. The first kappa shape index (κ1) is 11.6. The molecule has 0 aliphatic rings. The second-order valence-electron chi connectivity index (χ2n) is 3.89. The fraction of sp³-hybridized carbons (Fsp3) is 0.600. The number of hydrogen-bond acceptors (Lipinski definition) is 4. The summed E-state index contributed by atoms with van der Waals surface area (Å²) in [5, 5.41) is 3.87. The number of carbonyl (C=O) groups is 1. The van der Waals surface area contributed by atoms with Crippen LogP contribution in [0.4, 0.5) is 5.69 Å². The van der Waals surface area contributed by atoms with Crippen LogP contribution in [-0.4, -0.2) is 22.4 Å². The van der Waals surface area contributed by atoms with Gasteiger partial charge in [-0.1, -0.05) is 13.8 Å². The van der Waals surface area contributed by atoms with E-state index in [4.69, 9.17) is 10.5 Å². The van der Waals surface area contributed by atoms with Crippen LogP contribution in [0.3, 0.4) is 0 Å². The SMILES string of the molecule is CC(C)CCOC(=O)c1c(N)cnn1C. The number of aryl methyl sites for hydroxylation is 1. The monoisotopic (exact) mass is 211 g/mol. The van der Waals surface area contributed by atoms with Gasteiger partial charge in [-0.2, -0.15) is 5.10 Å². The minimum Gasteiger partial charge on any atom is -0.461 e. The van der Waals surface area contributed by atoms with Gasteiger partial charge in [-0.25, -0.2) is 4.79 Å². The van der Waals surface area contributed by atoms with Crippen LogP contribution in [0.5, 0.6) is 0 Å². The standard InChI is InChI=1S/C10H17N3O2/c1-7(2)4-5-15-10(14)9-8(11)6-12-13(9)3/h6-7H,4-5,11H2,1-3H3. The summed E-state index contributed by atoms with van der Waals surface area (Å²) in [5.41, 5.74) is 6.26. The number of carbonyl (C=O) groups excluding carboxylic acids is 1. The van der Waals surface area contributed by atoms with Crippen molar-refractivity contribution in [3.8, 4) is 0 Å². The molecule has 0 aliphatic heterocycles. The molecular weight excluding hydrogens is 194 g/mol. The van der Waals surface area contributed by atoms with Crippen LogP contribution in [0.2, 0.25) is 0 Å². The molecule has 0 fully saturated rings. The molecule has 0 radical (unpaired) electrons. The molecule has 0 saturated heterocycles. The number of esters is 1. The van der Waals surface area contributed by atoms with Crippen molar-refractivity contribution in [2.24, 2.45) is 13.0 Å². The molecule has 0 amide bonds. The van der Waals surface area contributed by atoms with Gasteiger partial charge in [-0.05, 0) is 12.3 Å². The third kappa shape index (κ3) is 2.97. The van der Waals surface area contributed by atoms with Gasteiger partial charge in [0.25, 0.3) is 0 Å². The molecule has 1 aromatic rings. The molecule has 0 aliphatic carbocycles. The third-order valence-electron chi connectivity index (χ3n) is 2.09. The summed E-state index contributed by atoms with van der Waals surface area (Å²) in [7, 11) is 1.66. The van der Waals surface area contributed by atoms with Crippen LogP contribution in [0, 0.1) is 5.92 Å². The van der Waals surface area contributed by atoms with Gasteiger partial charge in [0.2, 0.25) is 0 Å². The Morgan fingerprint density at radius 2 is 2.33 bits per heavy atom. The zero-order valence-electron chi connectivity index (χ0n) is 9.36. The van der Waals surface area contributed by atoms with Gasteiger partial charge in [0.15, 0.2) is 5.69 Å². The Morgan fingerprint density at radius 3 is 2.80 bits per heavy atom. The molecule has 1 heterocycles. The van der Waals surface area contributed by atoms with Crippen molar-refractivity contribution in [3.63, 3.8) is 0 Å². The summed E-state index contributed by atoms with van der Waals surface area (Å²) in [6.07, 6.45) is 2.29. The molecule has 0 bridgehead atoms. The van der Waals surface area contributed by atoms with Crippen LogP contribution in [-0.2, 0) is 11.8 Å². The lowest BCUT2D eigenvalue weighted by Crippen LogP contribution is -2.14. The lowest BCUT2D eigenvalue weighted by Gasteiger charge is -2.07. The van der Waals surface area contributed by atoms with E-state index in [2.05, 4.69) is 18.9 Å². The Morgan fingerprint density at radius 1 is 1.67 bits per heavy atom. The minimum absolute atomic E-state index is 0.318. The van der Waals surface area contributed by atoms with E-state index < -0.39 is 5.97 Å². The molecule has 0 atom stereocenters. The summed E-state index contributed by atoms with van der Waals surface area (Å²) in [4.78, 5) is 11.6. The third-order valence-corrected chi connectivity index (χ3v) is 2.09. The van der Waals surface area contributed by atoms with Gasteiger partial charge in [0.1, 0.15) is 0 Å². The van der Waals surface area contributed by atoms with E-state index in [1.807, 2.05) is 0 Å². The predicted octanol–water partition coefficient (Wildman–Crippen LogP) is 1.21. The molecular formula is C10H17N3O2. The first-order valence-electron chi connectivity index (χ1n) is 4.97. The van der Waals surface area contributed by atoms with Gasteiger partial charge >= 0.3 is 5.97 Å². The van der Waals surface area contributed by atoms with Crippen molar-refractivity contribution in [2.75, 3.05) is 12.3 Å². The fourth-order valence-corrected chi connectivity index (χ4v) is 1.16. The largest absolute Gasteiger partial charge is 0.461 e. The van der Waals surface area contributed by atoms with E-state index in [9.17, 15) is 4.79 Å². The maximum atomic E-state index is 11.6. The molecule has 15 heavy (non-hydrogen) atoms. The molecule has 0 spiro atoms. The number of ether oxygens (including phenoxy) is 1. The highest BCUT2D eigenvalue weighted by Gasteiger charge is 2.16. The number of rotatable bonds is 4. The number of nitrogens with two attached hydrogens (primary N) is 1. The van der Waals surface area contributed by atoms with Crippen LogP contribution < -0.4 is 5.73 Å². The van der Waals surface area contributed by atoms with E-state index >= 15 is 0 Å².